The molecule has 27 heavy (non-hydrogen) atoms. The predicted octanol–water partition coefficient (Wildman–Crippen LogP) is 2.25. The first-order valence-corrected chi connectivity index (χ1v) is 9.71. The molecule has 2 aromatic rings. The quantitative estimate of drug-likeness (QED) is 0.840. The summed E-state index contributed by atoms with van der Waals surface area (Å²) in [6.45, 7) is 7.79. The zero-order valence-electron chi connectivity index (χ0n) is 15.8. The molecule has 0 spiro atoms. The van der Waals surface area contributed by atoms with Gasteiger partial charge in [0, 0.05) is 23.6 Å². The molecule has 1 fully saturated rings. The minimum absolute atomic E-state index is 0.129. The number of thioether (sulfide) groups is 1. The van der Waals surface area contributed by atoms with Crippen LogP contribution in [0.5, 0.6) is 0 Å². The number of carbonyl (C=O) groups excluding carboxylic acids is 2. The summed E-state index contributed by atoms with van der Waals surface area (Å²) in [6, 6.07) is 5.56. The molecule has 8 heteroatoms. The molecule has 2 amide bonds. The molecule has 1 atom stereocenters. The van der Waals surface area contributed by atoms with Crippen LogP contribution in [0.25, 0.3) is 5.69 Å². The Hall–Kier alpha value is -2.35. The molecule has 3 rings (SSSR count). The highest BCUT2D eigenvalue weighted by Crippen LogP contribution is 2.29. The third-order valence-corrected chi connectivity index (χ3v) is 6.14. The van der Waals surface area contributed by atoms with Crippen LogP contribution < -0.4 is 10.6 Å². The Morgan fingerprint density at radius 2 is 2.04 bits per heavy atom. The van der Waals surface area contributed by atoms with E-state index in [2.05, 4.69) is 15.7 Å². The minimum Gasteiger partial charge on any atom is -0.350 e. The number of nitrogens with one attached hydrogen (secondary N) is 2. The van der Waals surface area contributed by atoms with Crippen LogP contribution in [0.2, 0.25) is 0 Å². The number of aromatic nitrogens is 2. The van der Waals surface area contributed by atoms with Crippen LogP contribution in [0.15, 0.2) is 24.3 Å². The molecular formula is C19H23FN4O2S. The van der Waals surface area contributed by atoms with E-state index in [0.717, 1.165) is 22.6 Å². The summed E-state index contributed by atoms with van der Waals surface area (Å²) in [7, 11) is 0. The van der Waals surface area contributed by atoms with Gasteiger partial charge in [-0.15, -0.1) is 11.8 Å². The van der Waals surface area contributed by atoms with Crippen molar-refractivity contribution in [3.8, 4) is 5.69 Å². The second-order valence-electron chi connectivity index (χ2n) is 7.10. The Bertz CT molecular complexity index is 877. The molecular weight excluding hydrogens is 367 g/mol. The number of amides is 2. The van der Waals surface area contributed by atoms with Gasteiger partial charge >= 0.3 is 0 Å². The highest BCUT2D eigenvalue weighted by Gasteiger charge is 2.37. The molecule has 0 bridgehead atoms. The van der Waals surface area contributed by atoms with E-state index in [-0.39, 0.29) is 17.6 Å². The Morgan fingerprint density at radius 1 is 1.37 bits per heavy atom. The van der Waals surface area contributed by atoms with Crippen LogP contribution in [-0.4, -0.2) is 38.1 Å². The van der Waals surface area contributed by atoms with E-state index in [1.165, 1.54) is 23.9 Å². The van der Waals surface area contributed by atoms with Crippen molar-refractivity contribution < 1.29 is 14.0 Å². The lowest BCUT2D eigenvalue weighted by Crippen LogP contribution is -2.57. The molecule has 6 nitrogen and oxygen atoms in total. The van der Waals surface area contributed by atoms with Gasteiger partial charge in [0.25, 0.3) is 0 Å². The van der Waals surface area contributed by atoms with E-state index >= 15 is 0 Å². The number of hydrogen-bond donors (Lipinski definition) is 2. The van der Waals surface area contributed by atoms with Crippen molar-refractivity contribution in [2.75, 3.05) is 5.75 Å². The maximum Gasteiger partial charge on any atom is 0.243 e. The topological polar surface area (TPSA) is 76.0 Å². The van der Waals surface area contributed by atoms with E-state index in [1.54, 1.807) is 16.8 Å². The molecule has 2 heterocycles. The highest BCUT2D eigenvalue weighted by atomic mass is 32.2. The first-order valence-electron chi connectivity index (χ1n) is 8.72. The van der Waals surface area contributed by atoms with Crippen molar-refractivity contribution in [2.24, 2.45) is 0 Å². The number of nitrogens with zero attached hydrogens (tertiary/aromatic N) is 2. The molecule has 1 aromatic carbocycles. The Kier molecular flexibility index (Phi) is 5.28. The van der Waals surface area contributed by atoms with Crippen LogP contribution in [0.4, 0.5) is 4.39 Å². The van der Waals surface area contributed by atoms with Crippen molar-refractivity contribution in [1.82, 2.24) is 20.4 Å². The smallest absolute Gasteiger partial charge is 0.243 e. The van der Waals surface area contributed by atoms with Gasteiger partial charge in [0.2, 0.25) is 11.8 Å². The normalized spacial score (nSPS) is 18.9. The average molecular weight is 390 g/mol. The minimum atomic E-state index is -0.539. The monoisotopic (exact) mass is 390 g/mol. The largest absolute Gasteiger partial charge is 0.350 e. The molecule has 1 aliphatic rings. The zero-order valence-corrected chi connectivity index (χ0v) is 16.6. The van der Waals surface area contributed by atoms with Gasteiger partial charge in [0.05, 0.1) is 16.1 Å². The van der Waals surface area contributed by atoms with E-state index < -0.39 is 10.8 Å². The number of aryl methyl sites for hydroxylation is 1. The summed E-state index contributed by atoms with van der Waals surface area (Å²) >= 11 is 1.48. The fourth-order valence-electron chi connectivity index (χ4n) is 2.94. The highest BCUT2D eigenvalue weighted by molar-refractivity contribution is 8.01. The zero-order chi connectivity index (χ0) is 19.8. The molecule has 0 saturated carbocycles. The van der Waals surface area contributed by atoms with E-state index in [4.69, 9.17) is 0 Å². The fraction of sp³-hybridized carbons (Fsp3) is 0.421. The van der Waals surface area contributed by atoms with Gasteiger partial charge in [-0.25, -0.2) is 9.07 Å². The SMILES string of the molecule is Cc1nn(-c2ccc(F)cc2)c(C)c1CNC(=O)[C@H]1CSC(C)(C)C(=O)N1. The van der Waals surface area contributed by atoms with Crippen molar-refractivity contribution in [2.45, 2.75) is 45.0 Å². The molecule has 2 N–H and O–H groups in total. The standard InChI is InChI=1S/C19H23FN4O2S/c1-11-15(12(2)24(23-11)14-7-5-13(20)6-8-14)9-21-17(25)16-10-27-19(3,4)18(26)22-16/h5-8,16H,9-10H2,1-4H3,(H,21,25)(H,22,26)/t16-/m1/s1. The summed E-state index contributed by atoms with van der Waals surface area (Å²) in [5.41, 5.74) is 3.33. The summed E-state index contributed by atoms with van der Waals surface area (Å²) in [4.78, 5) is 24.5. The summed E-state index contributed by atoms with van der Waals surface area (Å²) in [5, 5.41) is 10.2. The van der Waals surface area contributed by atoms with Gasteiger partial charge in [-0.05, 0) is 52.0 Å². The Balaban J connectivity index is 1.69. The maximum absolute atomic E-state index is 13.1. The van der Waals surface area contributed by atoms with Crippen molar-refractivity contribution in [3.05, 3.63) is 47.0 Å². The van der Waals surface area contributed by atoms with Gasteiger partial charge < -0.3 is 10.6 Å². The second kappa shape index (κ2) is 7.34. The van der Waals surface area contributed by atoms with Gasteiger partial charge in [0.1, 0.15) is 11.9 Å². The molecule has 0 radical (unpaired) electrons. The lowest BCUT2D eigenvalue weighted by molar-refractivity contribution is -0.129. The van der Waals surface area contributed by atoms with E-state index in [1.807, 2.05) is 27.7 Å². The summed E-state index contributed by atoms with van der Waals surface area (Å²) in [5.74, 6) is -0.101. The van der Waals surface area contributed by atoms with Crippen LogP contribution in [0.3, 0.4) is 0 Å². The van der Waals surface area contributed by atoms with Crippen LogP contribution in [0.1, 0.15) is 30.8 Å². The van der Waals surface area contributed by atoms with Gasteiger partial charge in [-0.2, -0.15) is 5.10 Å². The number of benzene rings is 1. The first-order chi connectivity index (χ1) is 12.7. The third-order valence-electron chi connectivity index (χ3n) is 4.73. The first kappa shape index (κ1) is 19.4. The number of rotatable bonds is 4. The van der Waals surface area contributed by atoms with Crippen molar-refractivity contribution >= 4 is 23.6 Å². The molecule has 144 valence electrons. The average Bonchev–Trinajstić information content (AvgIpc) is 2.90. The third kappa shape index (κ3) is 4.00. The molecule has 1 aromatic heterocycles. The number of halogens is 1. The van der Waals surface area contributed by atoms with E-state index in [9.17, 15) is 14.0 Å². The molecule has 1 saturated heterocycles. The van der Waals surface area contributed by atoms with Crippen LogP contribution in [0, 0.1) is 19.7 Å². The predicted molar refractivity (Wildman–Crippen MR) is 103 cm³/mol. The van der Waals surface area contributed by atoms with Crippen LogP contribution in [-0.2, 0) is 16.1 Å². The molecule has 0 unspecified atom stereocenters. The number of hydrogen-bond acceptors (Lipinski definition) is 4. The van der Waals surface area contributed by atoms with Gasteiger partial charge in [-0.1, -0.05) is 0 Å². The Labute approximate surface area is 161 Å². The fourth-order valence-corrected chi connectivity index (χ4v) is 3.94. The molecule has 1 aliphatic heterocycles. The lowest BCUT2D eigenvalue weighted by atomic mass is 10.1. The van der Waals surface area contributed by atoms with Gasteiger partial charge in [-0.3, -0.25) is 9.59 Å². The summed E-state index contributed by atoms with van der Waals surface area (Å²) in [6.07, 6.45) is 0. The van der Waals surface area contributed by atoms with Crippen molar-refractivity contribution in [1.29, 1.82) is 0 Å². The second-order valence-corrected chi connectivity index (χ2v) is 8.75. The van der Waals surface area contributed by atoms with E-state index in [0.29, 0.717) is 12.3 Å². The maximum atomic E-state index is 13.1. The molecule has 0 aliphatic carbocycles. The van der Waals surface area contributed by atoms with Crippen molar-refractivity contribution in [3.63, 3.8) is 0 Å². The number of carbonyl (C=O) groups is 2. The van der Waals surface area contributed by atoms with Crippen LogP contribution >= 0.6 is 11.8 Å². The van der Waals surface area contributed by atoms with Gasteiger partial charge in [0.15, 0.2) is 0 Å². The Morgan fingerprint density at radius 3 is 2.67 bits per heavy atom. The summed E-state index contributed by atoms with van der Waals surface area (Å²) < 4.78 is 14.4. The lowest BCUT2D eigenvalue weighted by Gasteiger charge is -2.32.